The van der Waals surface area contributed by atoms with Gasteiger partial charge in [-0.25, -0.2) is 20.3 Å². The van der Waals surface area contributed by atoms with Crippen molar-refractivity contribution in [2.45, 2.75) is 44.8 Å². The maximum absolute atomic E-state index is 12.3. The fourth-order valence-corrected chi connectivity index (χ4v) is 5.27. The highest BCUT2D eigenvalue weighted by Crippen LogP contribution is 2.25. The molecular formula is C27H35ClN6O3. The number of hydrogen-bond acceptors (Lipinski definition) is 7. The number of carbonyl (C=O) groups excluding carboxylic acids is 1. The lowest BCUT2D eigenvalue weighted by Gasteiger charge is -2.32. The molecule has 1 atom stereocenters. The summed E-state index contributed by atoms with van der Waals surface area (Å²) in [5.74, 6) is 0.925. The molecule has 2 aliphatic rings. The fourth-order valence-electron chi connectivity index (χ4n) is 5.10. The highest BCUT2D eigenvalue weighted by atomic mass is 35.5. The third kappa shape index (κ3) is 6.59. The monoisotopic (exact) mass is 526 g/mol. The van der Waals surface area contributed by atoms with Crippen molar-refractivity contribution in [1.82, 2.24) is 25.3 Å². The van der Waals surface area contributed by atoms with E-state index in [1.807, 2.05) is 6.07 Å². The lowest BCUT2D eigenvalue weighted by Crippen LogP contribution is -2.38. The molecule has 2 aromatic heterocycles. The molecule has 4 heterocycles. The summed E-state index contributed by atoms with van der Waals surface area (Å²) >= 11 is 6.22. The van der Waals surface area contributed by atoms with E-state index < -0.39 is 0 Å². The molecule has 0 radical (unpaired) electrons. The second kappa shape index (κ2) is 12.2. The van der Waals surface area contributed by atoms with Crippen LogP contribution in [0.2, 0.25) is 5.02 Å². The number of piperidine rings is 1. The average molecular weight is 527 g/mol. The summed E-state index contributed by atoms with van der Waals surface area (Å²) in [6, 6.07) is 6.08. The van der Waals surface area contributed by atoms with Gasteiger partial charge in [0.2, 0.25) is 5.95 Å². The summed E-state index contributed by atoms with van der Waals surface area (Å²) < 4.78 is 7.62. The Kier molecular flexibility index (Phi) is 8.55. The smallest absolute Gasteiger partial charge is 0.278 e. The number of aromatic nitrogens is 3. The van der Waals surface area contributed by atoms with Crippen molar-refractivity contribution in [2.75, 3.05) is 37.7 Å². The van der Waals surface area contributed by atoms with Crippen LogP contribution in [0.3, 0.4) is 0 Å². The van der Waals surface area contributed by atoms with Crippen LogP contribution in [-0.2, 0) is 23.0 Å². The van der Waals surface area contributed by atoms with Crippen molar-refractivity contribution >= 4 is 34.4 Å². The van der Waals surface area contributed by atoms with Gasteiger partial charge in [0.05, 0.1) is 5.56 Å². The van der Waals surface area contributed by atoms with Crippen LogP contribution in [0.4, 0.5) is 5.95 Å². The van der Waals surface area contributed by atoms with Crippen molar-refractivity contribution in [3.63, 3.8) is 0 Å². The summed E-state index contributed by atoms with van der Waals surface area (Å²) in [7, 11) is 2.08. The molecule has 1 unspecified atom stereocenters. The summed E-state index contributed by atoms with van der Waals surface area (Å²) in [5, 5.41) is 5.66. The number of nitrogens with zero attached hydrogens (tertiary/aromatic N) is 4. The van der Waals surface area contributed by atoms with Gasteiger partial charge in [-0.1, -0.05) is 11.6 Å². The molecule has 198 valence electrons. The molecule has 9 nitrogen and oxygen atoms in total. The SMILES string of the molecule is Cn1cc(CCNCC2CCN(c3ncc(C(=O)NOC4CCCCO4)cn3)CC2)c2cc(Cl)ccc21. The van der Waals surface area contributed by atoms with Crippen LogP contribution >= 0.6 is 11.6 Å². The third-order valence-corrected chi connectivity index (χ3v) is 7.49. The minimum atomic E-state index is -0.383. The zero-order valence-electron chi connectivity index (χ0n) is 21.3. The van der Waals surface area contributed by atoms with E-state index in [9.17, 15) is 4.79 Å². The molecule has 3 aromatic rings. The Hall–Kier alpha value is -2.72. The van der Waals surface area contributed by atoms with E-state index in [0.29, 0.717) is 24.0 Å². The molecule has 0 bridgehead atoms. The molecule has 0 saturated carbocycles. The number of amides is 1. The van der Waals surface area contributed by atoms with Gasteiger partial charge in [-0.2, -0.15) is 0 Å². The number of benzene rings is 1. The van der Waals surface area contributed by atoms with E-state index in [-0.39, 0.29) is 12.2 Å². The van der Waals surface area contributed by atoms with Gasteiger partial charge >= 0.3 is 0 Å². The van der Waals surface area contributed by atoms with Gasteiger partial charge in [0.25, 0.3) is 5.91 Å². The number of rotatable bonds is 9. The molecular weight excluding hydrogens is 492 g/mol. The molecule has 2 saturated heterocycles. The van der Waals surface area contributed by atoms with Crippen LogP contribution in [0.1, 0.15) is 48.0 Å². The number of nitrogens with one attached hydrogen (secondary N) is 2. The van der Waals surface area contributed by atoms with Crippen molar-refractivity contribution in [1.29, 1.82) is 0 Å². The highest BCUT2D eigenvalue weighted by molar-refractivity contribution is 6.31. The first kappa shape index (κ1) is 25.9. The van der Waals surface area contributed by atoms with Gasteiger partial charge in [0, 0.05) is 67.7 Å². The molecule has 1 aromatic carbocycles. The van der Waals surface area contributed by atoms with E-state index in [4.69, 9.17) is 21.2 Å². The van der Waals surface area contributed by atoms with E-state index in [0.717, 1.165) is 69.7 Å². The summed E-state index contributed by atoms with van der Waals surface area (Å²) in [5.41, 5.74) is 5.35. The van der Waals surface area contributed by atoms with Crippen LogP contribution in [0.5, 0.6) is 0 Å². The van der Waals surface area contributed by atoms with Crippen LogP contribution in [0.15, 0.2) is 36.8 Å². The zero-order chi connectivity index (χ0) is 25.6. The number of fused-ring (bicyclic) bond motifs is 1. The molecule has 5 rings (SSSR count). The standard InChI is InChI=1S/C27H35ClN6O3/c1-33-18-20(23-14-22(28)5-6-24(23)33)7-10-29-15-19-8-11-34(12-9-19)27-30-16-21(17-31-27)26(35)32-37-25-4-2-3-13-36-25/h5-6,14,16-19,25,29H,2-4,7-13,15H2,1H3,(H,32,35). The Bertz CT molecular complexity index is 1190. The van der Waals surface area contributed by atoms with Gasteiger partial charge in [0.15, 0.2) is 6.29 Å². The lowest BCUT2D eigenvalue weighted by molar-refractivity contribution is -0.186. The van der Waals surface area contributed by atoms with Gasteiger partial charge < -0.3 is 19.5 Å². The van der Waals surface area contributed by atoms with Gasteiger partial charge in [-0.15, -0.1) is 0 Å². The predicted octanol–water partition coefficient (Wildman–Crippen LogP) is 3.86. The minimum Gasteiger partial charge on any atom is -0.350 e. The lowest BCUT2D eigenvalue weighted by atomic mass is 9.97. The van der Waals surface area contributed by atoms with E-state index in [2.05, 4.69) is 55.6 Å². The first-order valence-corrected chi connectivity index (χ1v) is 13.5. The fraction of sp³-hybridized carbons (Fsp3) is 0.519. The maximum Gasteiger partial charge on any atom is 0.278 e. The minimum absolute atomic E-state index is 0.364. The Morgan fingerprint density at radius 3 is 2.76 bits per heavy atom. The van der Waals surface area contributed by atoms with Crippen molar-refractivity contribution in [2.24, 2.45) is 13.0 Å². The number of aryl methyl sites for hydroxylation is 1. The maximum atomic E-state index is 12.3. The molecule has 2 N–H and O–H groups in total. The predicted molar refractivity (Wildman–Crippen MR) is 144 cm³/mol. The summed E-state index contributed by atoms with van der Waals surface area (Å²) in [6.07, 6.45) is 10.9. The Morgan fingerprint density at radius 2 is 2.00 bits per heavy atom. The molecule has 2 fully saturated rings. The second-order valence-corrected chi connectivity index (χ2v) is 10.4. The molecule has 0 spiro atoms. The van der Waals surface area contributed by atoms with Crippen molar-refractivity contribution < 1.29 is 14.4 Å². The largest absolute Gasteiger partial charge is 0.350 e. The normalized spacial score (nSPS) is 18.9. The second-order valence-electron chi connectivity index (χ2n) is 9.93. The van der Waals surface area contributed by atoms with E-state index >= 15 is 0 Å². The van der Waals surface area contributed by atoms with Gasteiger partial charge in [-0.05, 0) is 74.9 Å². The number of halogens is 1. The number of carbonyl (C=O) groups is 1. The Labute approximate surface area is 222 Å². The van der Waals surface area contributed by atoms with Crippen LogP contribution in [0.25, 0.3) is 10.9 Å². The van der Waals surface area contributed by atoms with Crippen LogP contribution < -0.4 is 15.7 Å². The number of hydrogen-bond donors (Lipinski definition) is 2. The third-order valence-electron chi connectivity index (χ3n) is 7.26. The quantitative estimate of drug-likeness (QED) is 0.323. The van der Waals surface area contributed by atoms with E-state index in [1.165, 1.54) is 16.5 Å². The molecule has 37 heavy (non-hydrogen) atoms. The van der Waals surface area contributed by atoms with Gasteiger partial charge in [0.1, 0.15) is 0 Å². The number of anilines is 1. The van der Waals surface area contributed by atoms with E-state index in [1.54, 1.807) is 12.4 Å². The summed E-state index contributed by atoms with van der Waals surface area (Å²) in [4.78, 5) is 28.7. The molecule has 10 heteroatoms. The van der Waals surface area contributed by atoms with Crippen LogP contribution in [-0.4, -0.2) is 59.5 Å². The highest BCUT2D eigenvalue weighted by Gasteiger charge is 2.22. The summed E-state index contributed by atoms with van der Waals surface area (Å²) in [6.45, 7) is 4.41. The van der Waals surface area contributed by atoms with Gasteiger partial charge in [-0.3, -0.25) is 4.79 Å². The first-order valence-electron chi connectivity index (χ1n) is 13.2. The Balaban J connectivity index is 1.02. The number of hydroxylamine groups is 1. The zero-order valence-corrected chi connectivity index (χ0v) is 22.0. The van der Waals surface area contributed by atoms with Crippen molar-refractivity contribution in [3.05, 3.63) is 52.9 Å². The van der Waals surface area contributed by atoms with Crippen LogP contribution in [0, 0.1) is 5.92 Å². The average Bonchev–Trinajstić information content (AvgIpc) is 3.25. The molecule has 0 aliphatic carbocycles. The Morgan fingerprint density at radius 1 is 1.19 bits per heavy atom. The first-order chi connectivity index (χ1) is 18.1. The molecule has 2 aliphatic heterocycles. The topological polar surface area (TPSA) is 93.5 Å². The molecule has 1 amide bonds. The number of ether oxygens (including phenoxy) is 1. The van der Waals surface area contributed by atoms with Crippen molar-refractivity contribution in [3.8, 4) is 0 Å².